The minimum atomic E-state index is -0.612. The quantitative estimate of drug-likeness (QED) is 0.623. The van der Waals surface area contributed by atoms with Gasteiger partial charge >= 0.3 is 5.97 Å². The first-order valence-electron chi connectivity index (χ1n) is 3.98. The maximum Gasteiger partial charge on any atom is 0.311 e. The maximum atomic E-state index is 11.0. The van der Waals surface area contributed by atoms with Crippen molar-refractivity contribution in [2.24, 2.45) is 5.92 Å². The Bertz CT molecular complexity index is 121. The summed E-state index contributed by atoms with van der Waals surface area (Å²) >= 11 is 0. The summed E-state index contributed by atoms with van der Waals surface area (Å²) < 4.78 is 4.76. The first-order valence-corrected chi connectivity index (χ1v) is 3.98. The van der Waals surface area contributed by atoms with Crippen LogP contribution in [0.2, 0.25) is 0 Å². The molecule has 2 unspecified atom stereocenters. The molecule has 1 N–H and O–H groups in total. The van der Waals surface area contributed by atoms with Crippen LogP contribution in [-0.4, -0.2) is 23.8 Å². The summed E-state index contributed by atoms with van der Waals surface area (Å²) in [5.41, 5.74) is 0. The average Bonchev–Trinajstić information content (AvgIpc) is 1.88. The Balaban J connectivity index is 3.92. The number of carbonyl (C=O) groups excluding carboxylic acids is 1. The van der Waals surface area contributed by atoms with Crippen LogP contribution in [0.1, 0.15) is 27.2 Å². The molecule has 66 valence electrons. The van der Waals surface area contributed by atoms with Crippen molar-refractivity contribution >= 4 is 5.97 Å². The third kappa shape index (κ3) is 3.37. The van der Waals surface area contributed by atoms with E-state index in [4.69, 9.17) is 9.84 Å². The molecule has 0 saturated carbocycles. The average molecular weight is 160 g/mol. The van der Waals surface area contributed by atoms with Gasteiger partial charge in [0.1, 0.15) is 0 Å². The summed E-state index contributed by atoms with van der Waals surface area (Å²) in [6.07, 6.45) is 0.00954. The Morgan fingerprint density at radius 2 is 2.09 bits per heavy atom. The fourth-order valence-electron chi connectivity index (χ4n) is 0.954. The molecule has 0 aromatic carbocycles. The Morgan fingerprint density at radius 3 is 2.36 bits per heavy atom. The molecule has 11 heavy (non-hydrogen) atoms. The minimum Gasteiger partial charge on any atom is -0.466 e. The van der Waals surface area contributed by atoms with Crippen molar-refractivity contribution in [3.05, 3.63) is 0 Å². The second-order valence-corrected chi connectivity index (χ2v) is 2.51. The standard InChI is InChI=1S/C8H16O3/c1-4-7(6(3)9)8(10)11-5-2/h6-7,9H,4-5H2,1-3H3. The Labute approximate surface area is 67.4 Å². The second-order valence-electron chi connectivity index (χ2n) is 2.51. The van der Waals surface area contributed by atoms with Gasteiger partial charge < -0.3 is 9.84 Å². The molecule has 0 aromatic heterocycles. The number of hydrogen-bond acceptors (Lipinski definition) is 3. The van der Waals surface area contributed by atoms with E-state index >= 15 is 0 Å². The normalized spacial score (nSPS) is 15.6. The van der Waals surface area contributed by atoms with E-state index in [9.17, 15) is 4.79 Å². The monoisotopic (exact) mass is 160 g/mol. The van der Waals surface area contributed by atoms with Crippen LogP contribution in [-0.2, 0) is 9.53 Å². The smallest absolute Gasteiger partial charge is 0.311 e. The number of aliphatic hydroxyl groups excluding tert-OH is 1. The molecule has 2 atom stereocenters. The predicted octanol–water partition coefficient (Wildman–Crippen LogP) is 0.956. The van der Waals surface area contributed by atoms with Gasteiger partial charge in [0.15, 0.2) is 0 Å². The highest BCUT2D eigenvalue weighted by atomic mass is 16.5. The molecule has 0 radical (unpaired) electrons. The third-order valence-corrected chi connectivity index (χ3v) is 1.61. The predicted molar refractivity (Wildman–Crippen MR) is 42.1 cm³/mol. The molecular formula is C8H16O3. The van der Waals surface area contributed by atoms with E-state index in [0.29, 0.717) is 13.0 Å². The highest BCUT2D eigenvalue weighted by Crippen LogP contribution is 2.10. The van der Waals surface area contributed by atoms with Gasteiger partial charge in [-0.05, 0) is 20.3 Å². The largest absolute Gasteiger partial charge is 0.466 e. The van der Waals surface area contributed by atoms with Crippen molar-refractivity contribution in [3.8, 4) is 0 Å². The van der Waals surface area contributed by atoms with Crippen molar-refractivity contribution in [1.82, 2.24) is 0 Å². The van der Waals surface area contributed by atoms with Crippen molar-refractivity contribution in [3.63, 3.8) is 0 Å². The van der Waals surface area contributed by atoms with Crippen LogP contribution < -0.4 is 0 Å². The van der Waals surface area contributed by atoms with Gasteiger partial charge in [0, 0.05) is 0 Å². The van der Waals surface area contributed by atoms with Gasteiger partial charge in [-0.1, -0.05) is 6.92 Å². The van der Waals surface area contributed by atoms with Gasteiger partial charge in [0.25, 0.3) is 0 Å². The van der Waals surface area contributed by atoms with Gasteiger partial charge in [-0.15, -0.1) is 0 Å². The van der Waals surface area contributed by atoms with E-state index in [2.05, 4.69) is 0 Å². The fraction of sp³-hybridized carbons (Fsp3) is 0.875. The van der Waals surface area contributed by atoms with E-state index in [1.54, 1.807) is 13.8 Å². The zero-order valence-corrected chi connectivity index (χ0v) is 7.33. The molecule has 0 saturated heterocycles. The van der Waals surface area contributed by atoms with E-state index in [1.807, 2.05) is 6.92 Å². The second kappa shape index (κ2) is 5.13. The topological polar surface area (TPSA) is 46.5 Å². The van der Waals surface area contributed by atoms with Gasteiger partial charge in [-0.2, -0.15) is 0 Å². The molecule has 3 heteroatoms. The first kappa shape index (κ1) is 10.4. The Kier molecular flexibility index (Phi) is 4.86. The lowest BCUT2D eigenvalue weighted by Gasteiger charge is -2.15. The molecule has 0 bridgehead atoms. The number of esters is 1. The highest BCUT2D eigenvalue weighted by molar-refractivity contribution is 5.72. The Morgan fingerprint density at radius 1 is 1.55 bits per heavy atom. The fourth-order valence-corrected chi connectivity index (χ4v) is 0.954. The molecule has 0 aliphatic rings. The molecule has 0 fully saturated rings. The van der Waals surface area contributed by atoms with Crippen molar-refractivity contribution in [2.75, 3.05) is 6.61 Å². The molecule has 0 amide bonds. The number of rotatable bonds is 4. The summed E-state index contributed by atoms with van der Waals surface area (Å²) in [5, 5.41) is 9.11. The summed E-state index contributed by atoms with van der Waals surface area (Å²) in [6.45, 7) is 5.59. The third-order valence-electron chi connectivity index (χ3n) is 1.61. The van der Waals surface area contributed by atoms with E-state index in [0.717, 1.165) is 0 Å². The van der Waals surface area contributed by atoms with Crippen molar-refractivity contribution in [1.29, 1.82) is 0 Å². The van der Waals surface area contributed by atoms with Crippen LogP contribution in [0, 0.1) is 5.92 Å². The van der Waals surface area contributed by atoms with Crippen LogP contribution >= 0.6 is 0 Å². The van der Waals surface area contributed by atoms with E-state index in [1.165, 1.54) is 0 Å². The minimum absolute atomic E-state index is 0.301. The zero-order chi connectivity index (χ0) is 8.85. The lowest BCUT2D eigenvalue weighted by molar-refractivity contribution is -0.151. The van der Waals surface area contributed by atoms with Crippen molar-refractivity contribution in [2.45, 2.75) is 33.3 Å². The Hall–Kier alpha value is -0.570. The van der Waals surface area contributed by atoms with E-state index < -0.39 is 6.10 Å². The SMILES string of the molecule is CCOC(=O)C(CC)C(C)O. The van der Waals surface area contributed by atoms with Crippen LogP contribution in [0.5, 0.6) is 0 Å². The first-order chi connectivity index (χ1) is 5.13. The van der Waals surface area contributed by atoms with Crippen LogP contribution in [0.15, 0.2) is 0 Å². The molecule has 0 rings (SSSR count). The molecule has 0 aromatic rings. The molecule has 0 heterocycles. The van der Waals surface area contributed by atoms with Crippen LogP contribution in [0.4, 0.5) is 0 Å². The summed E-state index contributed by atoms with van der Waals surface area (Å²) in [4.78, 5) is 11.0. The maximum absolute atomic E-state index is 11.0. The molecule has 0 aliphatic heterocycles. The summed E-state index contributed by atoms with van der Waals surface area (Å²) in [6, 6.07) is 0. The lowest BCUT2D eigenvalue weighted by Crippen LogP contribution is -2.27. The van der Waals surface area contributed by atoms with Crippen molar-refractivity contribution < 1.29 is 14.6 Å². The number of aliphatic hydroxyl groups is 1. The lowest BCUT2D eigenvalue weighted by atomic mass is 10.0. The zero-order valence-electron chi connectivity index (χ0n) is 7.33. The number of carbonyl (C=O) groups is 1. The van der Waals surface area contributed by atoms with Crippen LogP contribution in [0.3, 0.4) is 0 Å². The van der Waals surface area contributed by atoms with Gasteiger partial charge in [0.2, 0.25) is 0 Å². The molecule has 0 spiro atoms. The molecule has 3 nitrogen and oxygen atoms in total. The summed E-state index contributed by atoms with van der Waals surface area (Å²) in [7, 11) is 0. The highest BCUT2D eigenvalue weighted by Gasteiger charge is 2.22. The number of ether oxygens (including phenoxy) is 1. The number of hydrogen-bond donors (Lipinski definition) is 1. The molecule has 0 aliphatic carbocycles. The van der Waals surface area contributed by atoms with Gasteiger partial charge in [-0.25, -0.2) is 0 Å². The molecular weight excluding hydrogens is 144 g/mol. The van der Waals surface area contributed by atoms with Gasteiger partial charge in [-0.3, -0.25) is 4.79 Å². The van der Waals surface area contributed by atoms with Gasteiger partial charge in [0.05, 0.1) is 18.6 Å². The van der Waals surface area contributed by atoms with E-state index in [-0.39, 0.29) is 11.9 Å². The summed E-state index contributed by atoms with van der Waals surface area (Å²) in [5.74, 6) is -0.667. The van der Waals surface area contributed by atoms with Crippen LogP contribution in [0.25, 0.3) is 0 Å².